The van der Waals surface area contributed by atoms with E-state index in [1.165, 1.54) is 12.1 Å². The molecule has 2 amide bonds. The van der Waals surface area contributed by atoms with Gasteiger partial charge in [0, 0.05) is 11.6 Å². The number of nitrogens with zero attached hydrogens (tertiary/aromatic N) is 1. The molecule has 1 aromatic rings. The third kappa shape index (κ3) is 3.80. The van der Waals surface area contributed by atoms with Crippen LogP contribution in [0.2, 0.25) is 0 Å². The second-order valence-electron chi connectivity index (χ2n) is 9.34. The van der Waals surface area contributed by atoms with Crippen molar-refractivity contribution in [2.75, 3.05) is 26.4 Å². The predicted molar refractivity (Wildman–Crippen MR) is 109 cm³/mol. The number of nitrogens with one attached hydrogen (secondary N) is 1. The highest BCUT2D eigenvalue weighted by Crippen LogP contribution is 2.41. The number of morpholine rings is 1. The summed E-state index contributed by atoms with van der Waals surface area (Å²) in [6.07, 6.45) is 4.19. The molecule has 4 heterocycles. The first-order valence-corrected chi connectivity index (χ1v) is 11.2. The Bertz CT molecular complexity index is 872. The molecule has 3 atom stereocenters. The van der Waals surface area contributed by atoms with Gasteiger partial charge in [0.1, 0.15) is 18.2 Å². The molecule has 3 fully saturated rings. The zero-order valence-corrected chi connectivity index (χ0v) is 17.8. The lowest BCUT2D eigenvalue weighted by Crippen LogP contribution is -2.65. The summed E-state index contributed by atoms with van der Waals surface area (Å²) in [5.74, 6) is 0.144. The van der Waals surface area contributed by atoms with Gasteiger partial charge in [-0.05, 0) is 63.1 Å². The maximum atomic E-state index is 14.0. The minimum Gasteiger partial charge on any atom is -0.483 e. The van der Waals surface area contributed by atoms with Crippen LogP contribution in [0.15, 0.2) is 18.2 Å². The van der Waals surface area contributed by atoms with E-state index in [9.17, 15) is 14.0 Å². The molecule has 2 bridgehead atoms. The fraction of sp³-hybridized carbons (Fsp3) is 0.652. The summed E-state index contributed by atoms with van der Waals surface area (Å²) >= 11 is 0. The molecule has 1 spiro atoms. The van der Waals surface area contributed by atoms with Gasteiger partial charge in [0.05, 0.1) is 30.9 Å². The second-order valence-corrected chi connectivity index (χ2v) is 9.34. The highest BCUT2D eigenvalue weighted by Gasteiger charge is 2.55. The van der Waals surface area contributed by atoms with Crippen LogP contribution >= 0.6 is 0 Å². The highest BCUT2D eigenvalue weighted by molar-refractivity contribution is 5.81. The van der Waals surface area contributed by atoms with E-state index in [4.69, 9.17) is 14.2 Å². The predicted octanol–water partition coefficient (Wildman–Crippen LogP) is 2.14. The summed E-state index contributed by atoms with van der Waals surface area (Å²) in [7, 11) is 0. The topological polar surface area (TPSA) is 77.1 Å². The molecule has 5 aliphatic rings. The average molecular weight is 432 g/mol. The lowest BCUT2D eigenvalue weighted by Gasteiger charge is -2.41. The fourth-order valence-corrected chi connectivity index (χ4v) is 5.91. The molecular formula is C23H29FN2O5. The number of rotatable bonds is 0. The van der Waals surface area contributed by atoms with Crippen LogP contribution in [0.1, 0.15) is 50.5 Å². The van der Waals surface area contributed by atoms with Gasteiger partial charge >= 0.3 is 0 Å². The van der Waals surface area contributed by atoms with Crippen molar-refractivity contribution in [1.29, 1.82) is 0 Å². The van der Waals surface area contributed by atoms with Crippen LogP contribution < -0.4 is 10.1 Å². The van der Waals surface area contributed by atoms with Crippen LogP contribution in [0.25, 0.3) is 0 Å². The molecule has 1 aliphatic carbocycles. The molecule has 8 heteroatoms. The molecule has 7 nitrogen and oxygen atoms in total. The van der Waals surface area contributed by atoms with E-state index in [0.717, 1.165) is 31.2 Å². The van der Waals surface area contributed by atoms with Gasteiger partial charge in [0.2, 0.25) is 5.91 Å². The van der Waals surface area contributed by atoms with Gasteiger partial charge < -0.3 is 24.4 Å². The van der Waals surface area contributed by atoms with E-state index < -0.39 is 5.54 Å². The summed E-state index contributed by atoms with van der Waals surface area (Å²) in [5, 5.41) is 3.11. The number of ether oxygens (including phenoxy) is 3. The smallest absolute Gasteiger partial charge is 0.261 e. The Morgan fingerprint density at radius 1 is 1.16 bits per heavy atom. The number of carbonyl (C=O) groups excluding carboxylic acids is 2. The molecule has 31 heavy (non-hydrogen) atoms. The minimum atomic E-state index is -0.650. The van der Waals surface area contributed by atoms with E-state index in [1.54, 1.807) is 11.0 Å². The highest BCUT2D eigenvalue weighted by atomic mass is 19.1. The summed E-state index contributed by atoms with van der Waals surface area (Å²) in [5.41, 5.74) is 0.184. The van der Waals surface area contributed by atoms with Gasteiger partial charge in [0.25, 0.3) is 5.91 Å². The third-order valence-electron chi connectivity index (χ3n) is 7.30. The molecule has 4 aliphatic heterocycles. The monoisotopic (exact) mass is 432 g/mol. The number of fused-ring (bicyclic) bond motifs is 5. The number of hydrogen-bond acceptors (Lipinski definition) is 5. The van der Waals surface area contributed by atoms with Crippen molar-refractivity contribution in [1.82, 2.24) is 10.2 Å². The molecule has 0 unspecified atom stereocenters. The summed E-state index contributed by atoms with van der Waals surface area (Å²) in [6, 6.07) is 4.12. The number of carbonyl (C=O) groups is 2. The molecule has 0 radical (unpaired) electrons. The summed E-state index contributed by atoms with van der Waals surface area (Å²) in [4.78, 5) is 27.2. The third-order valence-corrected chi connectivity index (χ3v) is 7.30. The zero-order valence-electron chi connectivity index (χ0n) is 17.8. The molecule has 168 valence electrons. The van der Waals surface area contributed by atoms with Crippen LogP contribution in [-0.2, 0) is 19.1 Å². The molecular weight excluding hydrogens is 403 g/mol. The van der Waals surface area contributed by atoms with E-state index in [2.05, 4.69) is 5.32 Å². The number of hydrogen-bond donors (Lipinski definition) is 1. The lowest BCUT2D eigenvalue weighted by molar-refractivity contribution is -0.145. The molecule has 1 N–H and O–H groups in total. The quantitative estimate of drug-likeness (QED) is 0.680. The van der Waals surface area contributed by atoms with Crippen molar-refractivity contribution in [3.8, 4) is 5.75 Å². The minimum absolute atomic E-state index is 0.0398. The first-order chi connectivity index (χ1) is 14.9. The first-order valence-electron chi connectivity index (χ1n) is 11.2. The fourth-order valence-electron chi connectivity index (χ4n) is 5.91. The van der Waals surface area contributed by atoms with Crippen LogP contribution in [0.3, 0.4) is 0 Å². The molecule has 1 aromatic carbocycles. The average Bonchev–Trinajstić information content (AvgIpc) is 3.01. The van der Waals surface area contributed by atoms with Gasteiger partial charge in [0.15, 0.2) is 6.61 Å². The van der Waals surface area contributed by atoms with Crippen molar-refractivity contribution in [2.24, 2.45) is 0 Å². The van der Waals surface area contributed by atoms with E-state index in [1.807, 2.05) is 6.92 Å². The van der Waals surface area contributed by atoms with Crippen molar-refractivity contribution in [3.63, 3.8) is 0 Å². The summed E-state index contributed by atoms with van der Waals surface area (Å²) in [6.45, 7) is 2.58. The van der Waals surface area contributed by atoms with Crippen molar-refractivity contribution in [3.05, 3.63) is 29.6 Å². The lowest BCUT2D eigenvalue weighted by atomic mass is 9.82. The van der Waals surface area contributed by atoms with E-state index in [-0.39, 0.29) is 55.0 Å². The van der Waals surface area contributed by atoms with E-state index >= 15 is 0 Å². The van der Waals surface area contributed by atoms with Gasteiger partial charge in [-0.15, -0.1) is 0 Å². The van der Waals surface area contributed by atoms with E-state index in [0.29, 0.717) is 25.4 Å². The SMILES string of the molecule is C[C@@H]1C[C@@]2(COCC(=O)N2)[C@@H]2COC3CCC(CC3)c3cc(F)ccc3OCC(=O)N12. The summed E-state index contributed by atoms with van der Waals surface area (Å²) < 4.78 is 31.8. The zero-order chi connectivity index (χ0) is 21.6. The van der Waals surface area contributed by atoms with Crippen LogP contribution in [-0.4, -0.2) is 66.9 Å². The van der Waals surface area contributed by atoms with Gasteiger partial charge in [-0.2, -0.15) is 0 Å². The standard InChI is InChI=1S/C23H29FN2O5/c1-14-9-23(13-29-11-21(27)25-23)20-10-30-17-5-2-15(3-6-17)18-8-16(24)4-7-19(18)31-12-22(28)26(14)20/h4,7-8,14-15,17,20H,2-3,5-6,9-13H2,1H3,(H,25,27)/t14-,15?,17?,20+,23-/m1/s1. The number of halogens is 1. The largest absolute Gasteiger partial charge is 0.483 e. The Labute approximate surface area is 181 Å². The van der Waals surface area contributed by atoms with Crippen molar-refractivity contribution < 1.29 is 28.2 Å². The number of benzene rings is 1. The molecule has 1 saturated carbocycles. The van der Waals surface area contributed by atoms with Crippen LogP contribution in [0.5, 0.6) is 5.75 Å². The molecule has 0 aromatic heterocycles. The Balaban J connectivity index is 1.48. The maximum absolute atomic E-state index is 14.0. The van der Waals surface area contributed by atoms with Crippen molar-refractivity contribution in [2.45, 2.75) is 68.7 Å². The van der Waals surface area contributed by atoms with Crippen LogP contribution in [0.4, 0.5) is 4.39 Å². The number of amides is 2. The van der Waals surface area contributed by atoms with Gasteiger partial charge in [-0.25, -0.2) is 4.39 Å². The first kappa shape index (κ1) is 20.7. The normalized spacial score (nSPS) is 36.0. The molecule has 6 rings (SSSR count). The Morgan fingerprint density at radius 2 is 1.97 bits per heavy atom. The Morgan fingerprint density at radius 3 is 2.74 bits per heavy atom. The van der Waals surface area contributed by atoms with Crippen LogP contribution in [0, 0.1) is 5.82 Å². The van der Waals surface area contributed by atoms with Crippen molar-refractivity contribution >= 4 is 11.8 Å². The van der Waals surface area contributed by atoms with Gasteiger partial charge in [-0.1, -0.05) is 0 Å². The Hall–Kier alpha value is -2.19. The maximum Gasteiger partial charge on any atom is 0.261 e. The second kappa shape index (κ2) is 8.06. The van der Waals surface area contributed by atoms with Gasteiger partial charge in [-0.3, -0.25) is 9.59 Å². The Kier molecular flexibility index (Phi) is 5.38. The molecule has 2 saturated heterocycles.